The van der Waals surface area contributed by atoms with Gasteiger partial charge in [-0.1, -0.05) is 17.4 Å². The molecule has 0 spiro atoms. The number of aldehydes is 1. The summed E-state index contributed by atoms with van der Waals surface area (Å²) in [6, 6.07) is 0. The van der Waals surface area contributed by atoms with Crippen molar-refractivity contribution in [2.45, 2.75) is 20.1 Å². The summed E-state index contributed by atoms with van der Waals surface area (Å²) in [5.74, 6) is 0. The summed E-state index contributed by atoms with van der Waals surface area (Å²) in [7, 11) is 1.56. The fourth-order valence-corrected chi connectivity index (χ4v) is 1.11. The molecular weight excluding hydrogens is 182 g/mol. The van der Waals surface area contributed by atoms with Gasteiger partial charge in [-0.05, 0) is 6.92 Å². The maximum Gasteiger partial charge on any atom is 0.172 e. The van der Waals surface area contributed by atoms with Crippen molar-refractivity contribution in [3.63, 3.8) is 0 Å². The van der Waals surface area contributed by atoms with Crippen LogP contribution in [0.15, 0.2) is 12.2 Å². The largest absolute Gasteiger partial charge is 0.378 e. The van der Waals surface area contributed by atoms with Crippen LogP contribution >= 0.6 is 0 Å². The van der Waals surface area contributed by atoms with Gasteiger partial charge < -0.3 is 4.74 Å². The van der Waals surface area contributed by atoms with E-state index in [0.29, 0.717) is 30.8 Å². The molecule has 0 saturated heterocycles. The lowest BCUT2D eigenvalue weighted by atomic mass is 10.3. The fourth-order valence-electron chi connectivity index (χ4n) is 1.11. The summed E-state index contributed by atoms with van der Waals surface area (Å²) < 4.78 is 6.58. The van der Waals surface area contributed by atoms with E-state index < -0.39 is 0 Å². The quantitative estimate of drug-likeness (QED) is 0.515. The first kappa shape index (κ1) is 10.6. The Hall–Kier alpha value is -1.49. The van der Waals surface area contributed by atoms with Crippen molar-refractivity contribution in [1.29, 1.82) is 0 Å². The first-order valence-electron chi connectivity index (χ1n) is 4.20. The molecule has 1 heterocycles. The smallest absolute Gasteiger partial charge is 0.172 e. The monoisotopic (exact) mass is 195 g/mol. The lowest BCUT2D eigenvalue weighted by Gasteiger charge is -2.04. The molecule has 0 aliphatic heterocycles. The average Bonchev–Trinajstić information content (AvgIpc) is 2.48. The Labute approximate surface area is 82.4 Å². The Kier molecular flexibility index (Phi) is 3.53. The molecule has 0 aliphatic rings. The standard InChI is InChI=1S/C9H13N3O2/c1-7(2)4-12-9(6-14-3)8(5-13)10-11-12/h5H,1,4,6H2,2-3H3. The molecule has 0 amide bonds. The number of methoxy groups -OCH3 is 1. The normalized spacial score (nSPS) is 10.1. The number of nitrogens with zero attached hydrogens (tertiary/aromatic N) is 3. The van der Waals surface area contributed by atoms with E-state index in [4.69, 9.17) is 4.74 Å². The van der Waals surface area contributed by atoms with E-state index in [1.54, 1.807) is 11.8 Å². The summed E-state index contributed by atoms with van der Waals surface area (Å²) in [6.45, 7) is 6.54. The van der Waals surface area contributed by atoms with Crippen LogP contribution < -0.4 is 0 Å². The maximum atomic E-state index is 10.6. The number of carbonyl (C=O) groups is 1. The van der Waals surface area contributed by atoms with E-state index in [1.165, 1.54) is 0 Å². The molecule has 0 N–H and O–H groups in total. The van der Waals surface area contributed by atoms with Crippen LogP contribution in [0.2, 0.25) is 0 Å². The summed E-state index contributed by atoms with van der Waals surface area (Å²) in [5, 5.41) is 7.57. The number of carbonyl (C=O) groups excluding carboxylic acids is 1. The Morgan fingerprint density at radius 3 is 2.93 bits per heavy atom. The molecule has 0 aliphatic carbocycles. The molecule has 0 bridgehead atoms. The zero-order valence-electron chi connectivity index (χ0n) is 8.36. The third-order valence-electron chi connectivity index (χ3n) is 1.68. The topological polar surface area (TPSA) is 57.0 Å². The molecule has 0 saturated carbocycles. The van der Waals surface area contributed by atoms with Crippen LogP contribution in [0.3, 0.4) is 0 Å². The first-order chi connectivity index (χ1) is 6.69. The molecule has 0 unspecified atom stereocenters. The Balaban J connectivity index is 2.97. The van der Waals surface area contributed by atoms with Crippen molar-refractivity contribution < 1.29 is 9.53 Å². The van der Waals surface area contributed by atoms with E-state index in [0.717, 1.165) is 5.57 Å². The summed E-state index contributed by atoms with van der Waals surface area (Å²) in [4.78, 5) is 10.6. The van der Waals surface area contributed by atoms with Crippen LogP contribution in [0.1, 0.15) is 23.1 Å². The van der Waals surface area contributed by atoms with Crippen LogP contribution in [0, 0.1) is 0 Å². The van der Waals surface area contributed by atoms with E-state index in [1.807, 2.05) is 6.92 Å². The highest BCUT2D eigenvalue weighted by Crippen LogP contribution is 2.06. The van der Waals surface area contributed by atoms with Crippen LogP contribution in [0.25, 0.3) is 0 Å². The maximum absolute atomic E-state index is 10.6. The Morgan fingerprint density at radius 1 is 1.71 bits per heavy atom. The second-order valence-electron chi connectivity index (χ2n) is 3.09. The van der Waals surface area contributed by atoms with Gasteiger partial charge in [-0.25, -0.2) is 4.68 Å². The molecule has 14 heavy (non-hydrogen) atoms. The second kappa shape index (κ2) is 4.66. The van der Waals surface area contributed by atoms with Crippen LogP contribution in [0.5, 0.6) is 0 Å². The second-order valence-corrected chi connectivity index (χ2v) is 3.09. The van der Waals surface area contributed by atoms with Crippen molar-refractivity contribution in [3.8, 4) is 0 Å². The van der Waals surface area contributed by atoms with Gasteiger partial charge >= 0.3 is 0 Å². The summed E-state index contributed by atoms with van der Waals surface area (Å²) in [6.07, 6.45) is 0.677. The average molecular weight is 195 g/mol. The van der Waals surface area contributed by atoms with Gasteiger partial charge in [0.2, 0.25) is 0 Å². The van der Waals surface area contributed by atoms with Gasteiger partial charge in [-0.15, -0.1) is 5.10 Å². The van der Waals surface area contributed by atoms with Gasteiger partial charge in [0.1, 0.15) is 0 Å². The van der Waals surface area contributed by atoms with Crippen molar-refractivity contribution in [2.24, 2.45) is 0 Å². The summed E-state index contributed by atoms with van der Waals surface area (Å²) >= 11 is 0. The highest BCUT2D eigenvalue weighted by atomic mass is 16.5. The predicted molar refractivity (Wildman–Crippen MR) is 50.9 cm³/mol. The van der Waals surface area contributed by atoms with Crippen LogP contribution in [0.4, 0.5) is 0 Å². The van der Waals surface area contributed by atoms with Crippen LogP contribution in [-0.2, 0) is 17.9 Å². The molecule has 5 nitrogen and oxygen atoms in total. The van der Waals surface area contributed by atoms with Gasteiger partial charge in [-0.3, -0.25) is 4.79 Å². The number of aromatic nitrogens is 3. The van der Waals surface area contributed by atoms with Crippen molar-refractivity contribution >= 4 is 6.29 Å². The van der Waals surface area contributed by atoms with Gasteiger partial charge in [0.25, 0.3) is 0 Å². The van der Waals surface area contributed by atoms with E-state index in [2.05, 4.69) is 16.9 Å². The zero-order valence-corrected chi connectivity index (χ0v) is 8.36. The zero-order chi connectivity index (χ0) is 10.6. The SMILES string of the molecule is C=C(C)Cn1nnc(C=O)c1COC. The van der Waals surface area contributed by atoms with Gasteiger partial charge in [0, 0.05) is 7.11 Å². The number of ether oxygens (including phenoxy) is 1. The number of allylic oxidation sites excluding steroid dienone is 1. The predicted octanol–water partition coefficient (Wildman–Crippen LogP) is 0.813. The Bertz CT molecular complexity index is 344. The lowest BCUT2D eigenvalue weighted by molar-refractivity contribution is 0.111. The van der Waals surface area contributed by atoms with Crippen molar-refractivity contribution in [1.82, 2.24) is 15.0 Å². The highest BCUT2D eigenvalue weighted by Gasteiger charge is 2.11. The van der Waals surface area contributed by atoms with Crippen molar-refractivity contribution in [3.05, 3.63) is 23.5 Å². The third-order valence-corrected chi connectivity index (χ3v) is 1.68. The van der Waals surface area contributed by atoms with Crippen LogP contribution in [-0.4, -0.2) is 28.4 Å². The summed E-state index contributed by atoms with van der Waals surface area (Å²) in [5.41, 5.74) is 1.96. The molecule has 0 aromatic carbocycles. The minimum Gasteiger partial charge on any atom is -0.378 e. The third kappa shape index (κ3) is 2.26. The number of rotatable bonds is 5. The molecule has 0 fully saturated rings. The molecule has 76 valence electrons. The minimum absolute atomic E-state index is 0.327. The minimum atomic E-state index is 0.327. The van der Waals surface area contributed by atoms with E-state index in [-0.39, 0.29) is 0 Å². The van der Waals surface area contributed by atoms with E-state index in [9.17, 15) is 4.79 Å². The molecule has 1 aromatic heterocycles. The van der Waals surface area contributed by atoms with Gasteiger partial charge in [0.05, 0.1) is 18.8 Å². The first-order valence-corrected chi connectivity index (χ1v) is 4.20. The van der Waals surface area contributed by atoms with Crippen molar-refractivity contribution in [2.75, 3.05) is 7.11 Å². The molecule has 0 radical (unpaired) electrons. The molecular formula is C9H13N3O2. The van der Waals surface area contributed by atoms with E-state index >= 15 is 0 Å². The fraction of sp³-hybridized carbons (Fsp3) is 0.444. The number of hydrogen-bond donors (Lipinski definition) is 0. The molecule has 5 heteroatoms. The highest BCUT2D eigenvalue weighted by molar-refractivity contribution is 5.73. The molecule has 1 aromatic rings. The Morgan fingerprint density at radius 2 is 2.43 bits per heavy atom. The van der Waals surface area contributed by atoms with Gasteiger partial charge in [-0.2, -0.15) is 0 Å². The number of hydrogen-bond acceptors (Lipinski definition) is 4. The molecule has 0 atom stereocenters. The molecule has 1 rings (SSSR count). The van der Waals surface area contributed by atoms with Gasteiger partial charge in [0.15, 0.2) is 12.0 Å². The lowest BCUT2D eigenvalue weighted by Crippen LogP contribution is -2.07.